The van der Waals surface area contributed by atoms with E-state index in [9.17, 15) is 24.5 Å². The van der Waals surface area contributed by atoms with E-state index < -0.39 is 22.9 Å². The largest absolute Gasteiger partial charge is 0.496 e. The summed E-state index contributed by atoms with van der Waals surface area (Å²) in [7, 11) is 1.36. The predicted octanol–water partition coefficient (Wildman–Crippen LogP) is 3.45. The third-order valence-corrected chi connectivity index (χ3v) is 4.27. The second-order valence-corrected chi connectivity index (χ2v) is 6.55. The smallest absolute Gasteiger partial charge is 0.307 e. The summed E-state index contributed by atoms with van der Waals surface area (Å²) in [5, 5.41) is 13.5. The van der Waals surface area contributed by atoms with Crippen LogP contribution in [-0.4, -0.2) is 35.8 Å². The topological polar surface area (TPSA) is 125 Å². The predicted molar refractivity (Wildman–Crippen MR) is 109 cm³/mol. The molecule has 0 bridgehead atoms. The molecule has 0 radical (unpaired) electrons. The van der Waals surface area contributed by atoms with Gasteiger partial charge in [0.1, 0.15) is 11.4 Å². The van der Waals surface area contributed by atoms with Crippen molar-refractivity contribution in [1.29, 1.82) is 0 Å². The van der Waals surface area contributed by atoms with Crippen LogP contribution in [-0.2, 0) is 14.3 Å². The molecular formula is C21H22N2O7. The number of carbonyl (C=O) groups excluding carboxylic acids is 3. The van der Waals surface area contributed by atoms with Crippen LogP contribution in [0.4, 0.5) is 11.4 Å². The molecule has 0 aromatic heterocycles. The average Bonchev–Trinajstić information content (AvgIpc) is 2.72. The number of nitro benzene ring substituents is 1. The van der Waals surface area contributed by atoms with Gasteiger partial charge in [-0.05, 0) is 26.0 Å². The summed E-state index contributed by atoms with van der Waals surface area (Å²) < 4.78 is 9.97. The van der Waals surface area contributed by atoms with Gasteiger partial charge in [0, 0.05) is 12.0 Å². The molecule has 2 rings (SSSR count). The molecule has 0 heterocycles. The number of anilines is 1. The number of hydrogen-bond donors (Lipinski definition) is 1. The summed E-state index contributed by atoms with van der Waals surface area (Å²) in [5.41, 5.74) is 1.10. The number of amides is 1. The van der Waals surface area contributed by atoms with E-state index in [0.717, 1.165) is 5.56 Å². The Kier molecular flexibility index (Phi) is 7.62. The Hall–Kier alpha value is -3.75. The molecule has 2 aromatic carbocycles. The van der Waals surface area contributed by atoms with Crippen LogP contribution in [0.3, 0.4) is 0 Å². The maximum absolute atomic E-state index is 12.3. The van der Waals surface area contributed by atoms with Crippen LogP contribution in [0.2, 0.25) is 0 Å². The third-order valence-electron chi connectivity index (χ3n) is 4.27. The van der Waals surface area contributed by atoms with E-state index in [2.05, 4.69) is 5.32 Å². The van der Waals surface area contributed by atoms with E-state index in [0.29, 0.717) is 5.56 Å². The van der Waals surface area contributed by atoms with Crippen LogP contribution in [0, 0.1) is 17.0 Å². The standard InChI is InChI=1S/C21H22N2O7/c1-13-4-6-15(7-5-13)19(24)10-11-20(25)30-14(2)21(26)22-17-9-8-16(29-3)12-18(17)23(27)28/h4-9,12,14H,10-11H2,1-3H3,(H,22,26)/t14-/m0/s1. The molecule has 0 fully saturated rings. The Bertz CT molecular complexity index is 954. The lowest BCUT2D eigenvalue weighted by atomic mass is 10.1. The van der Waals surface area contributed by atoms with Gasteiger partial charge in [0.25, 0.3) is 11.6 Å². The van der Waals surface area contributed by atoms with Crippen LogP contribution in [0.1, 0.15) is 35.7 Å². The molecule has 9 nitrogen and oxygen atoms in total. The van der Waals surface area contributed by atoms with Gasteiger partial charge in [-0.3, -0.25) is 24.5 Å². The van der Waals surface area contributed by atoms with Crippen molar-refractivity contribution < 1.29 is 28.8 Å². The van der Waals surface area contributed by atoms with Gasteiger partial charge in [-0.1, -0.05) is 29.8 Å². The number of ether oxygens (including phenoxy) is 2. The molecule has 1 atom stereocenters. The van der Waals surface area contributed by atoms with Crippen LogP contribution in [0.25, 0.3) is 0 Å². The maximum Gasteiger partial charge on any atom is 0.307 e. The molecular weight excluding hydrogens is 392 g/mol. The Morgan fingerprint density at radius 3 is 2.37 bits per heavy atom. The summed E-state index contributed by atoms with van der Waals surface area (Å²) in [4.78, 5) is 46.9. The highest BCUT2D eigenvalue weighted by molar-refractivity contribution is 5.99. The van der Waals surface area contributed by atoms with Gasteiger partial charge in [-0.15, -0.1) is 0 Å². The number of nitro groups is 1. The zero-order valence-corrected chi connectivity index (χ0v) is 16.8. The summed E-state index contributed by atoms with van der Waals surface area (Å²) in [5.74, 6) is -1.40. The first-order chi connectivity index (χ1) is 14.2. The van der Waals surface area contributed by atoms with Gasteiger partial charge in [0.15, 0.2) is 11.9 Å². The van der Waals surface area contributed by atoms with Crippen molar-refractivity contribution in [1.82, 2.24) is 0 Å². The lowest BCUT2D eigenvalue weighted by Crippen LogP contribution is -2.30. The lowest BCUT2D eigenvalue weighted by molar-refractivity contribution is -0.384. The third kappa shape index (κ3) is 6.13. The fourth-order valence-corrected chi connectivity index (χ4v) is 2.54. The van der Waals surface area contributed by atoms with Gasteiger partial charge < -0.3 is 14.8 Å². The van der Waals surface area contributed by atoms with Crippen molar-refractivity contribution in [3.8, 4) is 5.75 Å². The molecule has 0 aliphatic carbocycles. The molecule has 1 N–H and O–H groups in total. The van der Waals surface area contributed by atoms with Crippen LogP contribution < -0.4 is 10.1 Å². The van der Waals surface area contributed by atoms with E-state index in [-0.39, 0.29) is 35.7 Å². The van der Waals surface area contributed by atoms with Gasteiger partial charge in [-0.2, -0.15) is 0 Å². The molecule has 158 valence electrons. The van der Waals surface area contributed by atoms with E-state index >= 15 is 0 Å². The Morgan fingerprint density at radius 1 is 1.10 bits per heavy atom. The second kappa shape index (κ2) is 10.1. The number of methoxy groups -OCH3 is 1. The van der Waals surface area contributed by atoms with E-state index in [1.54, 1.807) is 24.3 Å². The quantitative estimate of drug-likeness (QED) is 0.288. The van der Waals surface area contributed by atoms with Crippen molar-refractivity contribution in [2.75, 3.05) is 12.4 Å². The molecule has 0 aliphatic rings. The Morgan fingerprint density at radius 2 is 1.77 bits per heavy atom. The number of nitrogens with zero attached hydrogens (tertiary/aromatic N) is 1. The summed E-state index contributed by atoms with van der Waals surface area (Å²) >= 11 is 0. The van der Waals surface area contributed by atoms with Gasteiger partial charge in [0.2, 0.25) is 0 Å². The average molecular weight is 414 g/mol. The molecule has 0 spiro atoms. The molecule has 0 saturated heterocycles. The van der Waals surface area contributed by atoms with Crippen LogP contribution in [0.15, 0.2) is 42.5 Å². The van der Waals surface area contributed by atoms with Crippen molar-refractivity contribution in [3.05, 3.63) is 63.7 Å². The number of benzene rings is 2. The number of aryl methyl sites for hydroxylation is 1. The minimum Gasteiger partial charge on any atom is -0.496 e. The highest BCUT2D eigenvalue weighted by Crippen LogP contribution is 2.29. The number of carbonyl (C=O) groups is 3. The molecule has 0 saturated carbocycles. The zero-order chi connectivity index (χ0) is 22.3. The summed E-state index contributed by atoms with van der Waals surface area (Å²) in [6, 6.07) is 10.9. The lowest BCUT2D eigenvalue weighted by Gasteiger charge is -2.14. The molecule has 1 amide bonds. The first kappa shape index (κ1) is 22.5. The molecule has 9 heteroatoms. The number of nitrogens with one attached hydrogen (secondary N) is 1. The summed E-state index contributed by atoms with van der Waals surface area (Å²) in [6.07, 6.45) is -1.44. The molecule has 30 heavy (non-hydrogen) atoms. The highest BCUT2D eigenvalue weighted by Gasteiger charge is 2.23. The molecule has 0 unspecified atom stereocenters. The zero-order valence-electron chi connectivity index (χ0n) is 16.8. The van der Waals surface area contributed by atoms with E-state index in [1.807, 2.05) is 6.92 Å². The molecule has 0 aliphatic heterocycles. The van der Waals surface area contributed by atoms with Gasteiger partial charge >= 0.3 is 5.97 Å². The minimum atomic E-state index is -1.20. The van der Waals surface area contributed by atoms with Gasteiger partial charge in [0.05, 0.1) is 24.5 Å². The Balaban J connectivity index is 1.91. The number of Topliss-reactive ketones (excluding diaryl/α,β-unsaturated/α-hetero) is 1. The van der Waals surface area contributed by atoms with Crippen molar-refractivity contribution in [2.45, 2.75) is 32.8 Å². The summed E-state index contributed by atoms with van der Waals surface area (Å²) in [6.45, 7) is 3.24. The molecule has 2 aromatic rings. The number of hydrogen-bond acceptors (Lipinski definition) is 7. The van der Waals surface area contributed by atoms with Crippen molar-refractivity contribution >= 4 is 29.0 Å². The van der Waals surface area contributed by atoms with Crippen LogP contribution >= 0.6 is 0 Å². The fourth-order valence-electron chi connectivity index (χ4n) is 2.54. The van der Waals surface area contributed by atoms with E-state index in [1.165, 1.54) is 32.2 Å². The SMILES string of the molecule is COc1ccc(NC(=O)[C@H](C)OC(=O)CCC(=O)c2ccc(C)cc2)c([N+](=O)[O-])c1. The number of esters is 1. The first-order valence-electron chi connectivity index (χ1n) is 9.14. The monoisotopic (exact) mass is 414 g/mol. The number of ketones is 1. The Labute approximate surface area is 173 Å². The number of rotatable bonds is 9. The van der Waals surface area contributed by atoms with Crippen molar-refractivity contribution in [3.63, 3.8) is 0 Å². The van der Waals surface area contributed by atoms with Crippen LogP contribution in [0.5, 0.6) is 5.75 Å². The fraction of sp³-hybridized carbons (Fsp3) is 0.286. The van der Waals surface area contributed by atoms with Crippen molar-refractivity contribution in [2.24, 2.45) is 0 Å². The normalized spacial score (nSPS) is 11.3. The first-order valence-corrected chi connectivity index (χ1v) is 9.14. The minimum absolute atomic E-state index is 0.0525. The second-order valence-electron chi connectivity index (χ2n) is 6.55. The maximum atomic E-state index is 12.3. The highest BCUT2D eigenvalue weighted by atomic mass is 16.6. The van der Waals surface area contributed by atoms with E-state index in [4.69, 9.17) is 9.47 Å². The van der Waals surface area contributed by atoms with Gasteiger partial charge in [-0.25, -0.2) is 0 Å².